The zero-order valence-corrected chi connectivity index (χ0v) is 11.8. The first-order valence-corrected chi connectivity index (χ1v) is 6.77. The third-order valence-corrected chi connectivity index (χ3v) is 5.47. The van der Waals surface area contributed by atoms with Crippen LogP contribution in [0, 0.1) is 16.7 Å². The summed E-state index contributed by atoms with van der Waals surface area (Å²) in [6.45, 7) is 5.52. The number of carbonyl (C=O) groups excluding carboxylic acids is 2. The molecule has 5 heteroatoms. The average molecular weight is 270 g/mol. The van der Waals surface area contributed by atoms with Gasteiger partial charge in [-0.2, -0.15) is 0 Å². The van der Waals surface area contributed by atoms with E-state index >= 15 is 0 Å². The van der Waals surface area contributed by atoms with Gasteiger partial charge in [-0.3, -0.25) is 0 Å². The van der Waals surface area contributed by atoms with Crippen LogP contribution in [0.5, 0.6) is 0 Å². The summed E-state index contributed by atoms with van der Waals surface area (Å²) in [5.41, 5.74) is 0.189. The molecule has 2 aliphatic carbocycles. The van der Waals surface area contributed by atoms with Crippen molar-refractivity contribution < 1.29 is 24.2 Å². The molecule has 0 heterocycles. The molecule has 0 aromatic heterocycles. The molecule has 2 saturated carbocycles. The lowest BCUT2D eigenvalue weighted by atomic mass is 9.70. The van der Waals surface area contributed by atoms with Gasteiger partial charge in [-0.1, -0.05) is 20.8 Å². The van der Waals surface area contributed by atoms with Gasteiger partial charge in [0.1, 0.15) is 12.7 Å². The standard InChI is InChI=1S/C14H22O5/c1-13(2)9-4-5-14(13,3)10(6-9)19-12(17)8-18-11(16)7-15/h9-10,15H,4-8H2,1-3H3/t9?,10-,14?/m0/s1. The van der Waals surface area contributed by atoms with Crippen LogP contribution in [0.25, 0.3) is 0 Å². The first-order valence-electron chi connectivity index (χ1n) is 6.77. The molecule has 19 heavy (non-hydrogen) atoms. The van der Waals surface area contributed by atoms with Crippen molar-refractivity contribution in [3.05, 3.63) is 0 Å². The number of aliphatic hydroxyl groups is 1. The number of aliphatic hydroxyl groups excluding tert-OH is 1. The average Bonchev–Trinajstić information content (AvgIpc) is 2.69. The maximum Gasteiger partial charge on any atom is 0.344 e. The first-order chi connectivity index (χ1) is 8.81. The molecular weight excluding hydrogens is 248 g/mol. The second-order valence-electron chi connectivity index (χ2n) is 6.41. The molecule has 2 fully saturated rings. The number of hydrogen-bond donors (Lipinski definition) is 1. The fourth-order valence-electron chi connectivity index (χ4n) is 3.69. The molecule has 0 saturated heterocycles. The second kappa shape index (κ2) is 4.78. The van der Waals surface area contributed by atoms with Crippen molar-refractivity contribution in [1.29, 1.82) is 0 Å². The molecule has 2 aliphatic rings. The molecule has 2 unspecified atom stereocenters. The minimum Gasteiger partial charge on any atom is -0.459 e. The summed E-state index contributed by atoms with van der Waals surface area (Å²) in [4.78, 5) is 22.4. The number of carbonyl (C=O) groups is 2. The summed E-state index contributed by atoms with van der Waals surface area (Å²) in [7, 11) is 0. The second-order valence-corrected chi connectivity index (χ2v) is 6.41. The van der Waals surface area contributed by atoms with Crippen molar-refractivity contribution in [2.75, 3.05) is 13.2 Å². The van der Waals surface area contributed by atoms with Gasteiger partial charge in [-0.15, -0.1) is 0 Å². The smallest absolute Gasteiger partial charge is 0.344 e. The largest absolute Gasteiger partial charge is 0.459 e. The maximum absolute atomic E-state index is 11.7. The topological polar surface area (TPSA) is 72.8 Å². The lowest BCUT2D eigenvalue weighted by Gasteiger charge is -2.38. The van der Waals surface area contributed by atoms with E-state index in [0.29, 0.717) is 5.92 Å². The Morgan fingerprint density at radius 2 is 1.95 bits per heavy atom. The summed E-state index contributed by atoms with van der Waals surface area (Å²) < 4.78 is 10.0. The number of ether oxygens (including phenoxy) is 2. The van der Waals surface area contributed by atoms with E-state index in [4.69, 9.17) is 9.84 Å². The van der Waals surface area contributed by atoms with Gasteiger partial charge >= 0.3 is 11.9 Å². The zero-order valence-electron chi connectivity index (χ0n) is 11.8. The third kappa shape index (κ3) is 2.24. The Kier molecular flexibility index (Phi) is 3.60. The molecule has 0 aromatic rings. The predicted molar refractivity (Wildman–Crippen MR) is 67.2 cm³/mol. The lowest BCUT2D eigenvalue weighted by molar-refractivity contribution is -0.168. The van der Waals surface area contributed by atoms with Gasteiger partial charge in [0, 0.05) is 5.41 Å². The van der Waals surface area contributed by atoms with Gasteiger partial charge in [0.15, 0.2) is 6.61 Å². The highest BCUT2D eigenvalue weighted by Crippen LogP contribution is 2.66. The number of hydrogen-bond acceptors (Lipinski definition) is 5. The Bertz CT molecular complexity index is 389. The molecule has 3 atom stereocenters. The molecule has 0 spiro atoms. The van der Waals surface area contributed by atoms with Gasteiger partial charge in [0.2, 0.25) is 0 Å². The SMILES string of the molecule is CC1(C)C2CCC1(C)[C@@H](OC(=O)COC(=O)CO)C2. The number of fused-ring (bicyclic) bond motifs is 2. The minimum absolute atomic E-state index is 0.00825. The molecule has 0 aliphatic heterocycles. The predicted octanol–water partition coefficient (Wildman–Crippen LogP) is 1.28. The Balaban J connectivity index is 1.91. The van der Waals surface area contributed by atoms with E-state index in [1.165, 1.54) is 6.42 Å². The van der Waals surface area contributed by atoms with E-state index < -0.39 is 25.2 Å². The van der Waals surface area contributed by atoms with E-state index in [1.807, 2.05) is 0 Å². The van der Waals surface area contributed by atoms with Crippen LogP contribution in [0.4, 0.5) is 0 Å². The lowest BCUT2D eigenvalue weighted by Crippen LogP contribution is -2.39. The molecule has 2 bridgehead atoms. The van der Waals surface area contributed by atoms with Crippen molar-refractivity contribution in [3.8, 4) is 0 Å². The summed E-state index contributed by atoms with van der Waals surface area (Å²) in [6, 6.07) is 0. The van der Waals surface area contributed by atoms with Crippen LogP contribution >= 0.6 is 0 Å². The van der Waals surface area contributed by atoms with E-state index in [-0.39, 0.29) is 16.9 Å². The fraction of sp³-hybridized carbons (Fsp3) is 0.857. The van der Waals surface area contributed by atoms with Crippen molar-refractivity contribution in [1.82, 2.24) is 0 Å². The van der Waals surface area contributed by atoms with Crippen LogP contribution in [0.2, 0.25) is 0 Å². The highest BCUT2D eigenvalue weighted by atomic mass is 16.6. The normalized spacial score (nSPS) is 35.2. The zero-order chi connectivity index (χ0) is 14.3. The molecule has 0 amide bonds. The summed E-state index contributed by atoms with van der Waals surface area (Å²) in [5, 5.41) is 8.50. The molecule has 0 aromatic carbocycles. The summed E-state index contributed by atoms with van der Waals surface area (Å²) in [5.74, 6) is -0.747. The third-order valence-electron chi connectivity index (χ3n) is 5.47. The van der Waals surface area contributed by atoms with Crippen LogP contribution in [0.3, 0.4) is 0 Å². The van der Waals surface area contributed by atoms with E-state index in [1.54, 1.807) is 0 Å². The van der Waals surface area contributed by atoms with Gasteiger partial charge in [-0.05, 0) is 30.6 Å². The molecule has 1 N–H and O–H groups in total. The van der Waals surface area contributed by atoms with Gasteiger partial charge in [0.25, 0.3) is 0 Å². The van der Waals surface area contributed by atoms with Gasteiger partial charge < -0.3 is 14.6 Å². The monoisotopic (exact) mass is 270 g/mol. The minimum atomic E-state index is -0.809. The van der Waals surface area contributed by atoms with Gasteiger partial charge in [-0.25, -0.2) is 9.59 Å². The fourth-order valence-corrected chi connectivity index (χ4v) is 3.69. The molecule has 108 valence electrons. The van der Waals surface area contributed by atoms with Crippen molar-refractivity contribution in [2.24, 2.45) is 16.7 Å². The molecule has 2 rings (SSSR count). The van der Waals surface area contributed by atoms with Crippen molar-refractivity contribution in [3.63, 3.8) is 0 Å². The summed E-state index contributed by atoms with van der Waals surface area (Å²) in [6.07, 6.45) is 3.06. The number of rotatable bonds is 4. The summed E-state index contributed by atoms with van der Waals surface area (Å²) >= 11 is 0. The molecule has 5 nitrogen and oxygen atoms in total. The maximum atomic E-state index is 11.7. The van der Waals surface area contributed by atoms with Gasteiger partial charge in [0.05, 0.1) is 0 Å². The molecule has 0 radical (unpaired) electrons. The highest BCUT2D eigenvalue weighted by Gasteiger charge is 2.62. The van der Waals surface area contributed by atoms with Crippen LogP contribution in [-0.2, 0) is 19.1 Å². The van der Waals surface area contributed by atoms with E-state index in [2.05, 4.69) is 25.5 Å². The highest BCUT2D eigenvalue weighted by molar-refractivity contribution is 5.77. The van der Waals surface area contributed by atoms with Crippen molar-refractivity contribution >= 4 is 11.9 Å². The Hall–Kier alpha value is -1.10. The van der Waals surface area contributed by atoms with Crippen LogP contribution < -0.4 is 0 Å². The first kappa shape index (κ1) is 14.3. The van der Waals surface area contributed by atoms with Crippen LogP contribution in [0.1, 0.15) is 40.0 Å². The van der Waals surface area contributed by atoms with Crippen LogP contribution in [0.15, 0.2) is 0 Å². The van der Waals surface area contributed by atoms with E-state index in [0.717, 1.165) is 12.8 Å². The Morgan fingerprint density at radius 3 is 2.42 bits per heavy atom. The van der Waals surface area contributed by atoms with E-state index in [9.17, 15) is 9.59 Å². The quantitative estimate of drug-likeness (QED) is 0.779. The number of esters is 2. The van der Waals surface area contributed by atoms with Crippen molar-refractivity contribution in [2.45, 2.75) is 46.1 Å². The Morgan fingerprint density at radius 1 is 1.26 bits per heavy atom. The van der Waals surface area contributed by atoms with Crippen LogP contribution in [-0.4, -0.2) is 36.4 Å². The Labute approximate surface area is 113 Å². The molecular formula is C14H22O5.